The van der Waals surface area contributed by atoms with Gasteiger partial charge < -0.3 is 10.2 Å². The summed E-state index contributed by atoms with van der Waals surface area (Å²) in [5.74, 6) is 0. The van der Waals surface area contributed by atoms with Crippen molar-refractivity contribution in [2.75, 3.05) is 10.2 Å². The maximum atomic E-state index is 3.86. The molecule has 10 rings (SSSR count). The van der Waals surface area contributed by atoms with Crippen molar-refractivity contribution in [2.24, 2.45) is 0 Å². The summed E-state index contributed by atoms with van der Waals surface area (Å²) >= 11 is 3.73. The van der Waals surface area contributed by atoms with Crippen molar-refractivity contribution in [3.8, 4) is 22.3 Å². The predicted molar refractivity (Wildman–Crippen MR) is 218 cm³/mol. The smallest absolute Gasteiger partial charge is 0.197 e. The Morgan fingerprint density at radius 1 is 0.569 bits per heavy atom. The fourth-order valence-electron chi connectivity index (χ4n) is 8.13. The quantitative estimate of drug-likeness (QED) is 0.185. The summed E-state index contributed by atoms with van der Waals surface area (Å²) in [6, 6.07) is 53.6. The normalized spacial score (nSPS) is 14.3. The highest BCUT2D eigenvalue weighted by atomic mass is 32.2. The molecule has 7 aromatic rings. The van der Waals surface area contributed by atoms with Crippen LogP contribution >= 0.6 is 23.5 Å². The van der Waals surface area contributed by atoms with Crippen LogP contribution in [0.3, 0.4) is 0 Å². The van der Waals surface area contributed by atoms with E-state index in [1.807, 2.05) is 23.5 Å². The second-order valence-electron chi connectivity index (χ2n) is 14.1. The van der Waals surface area contributed by atoms with Crippen LogP contribution in [0, 0.1) is 6.92 Å². The van der Waals surface area contributed by atoms with Crippen molar-refractivity contribution >= 4 is 70.2 Å². The molecule has 0 aliphatic carbocycles. The molecule has 3 heterocycles. The van der Waals surface area contributed by atoms with Gasteiger partial charge >= 0.3 is 0 Å². The molecule has 51 heavy (non-hydrogen) atoms. The lowest BCUT2D eigenvalue weighted by Gasteiger charge is -2.46. The van der Waals surface area contributed by atoms with Crippen LogP contribution in [0.5, 0.6) is 0 Å². The SMILES string of the molecule is Cc1ccccc1-c1cc(-c2cc3c(cc2Nc2ccccc2)Sc2ccccc2S3)c2c(c1)N1c3ccccc3C(C)(C)c3cccc(c31)[B]2. The molecule has 0 bridgehead atoms. The van der Waals surface area contributed by atoms with Gasteiger partial charge in [0.2, 0.25) is 0 Å². The van der Waals surface area contributed by atoms with Crippen LogP contribution in [-0.4, -0.2) is 7.28 Å². The third-order valence-electron chi connectivity index (χ3n) is 10.7. The van der Waals surface area contributed by atoms with Crippen LogP contribution in [0.2, 0.25) is 0 Å². The zero-order valence-electron chi connectivity index (χ0n) is 28.7. The van der Waals surface area contributed by atoms with Gasteiger partial charge in [0.25, 0.3) is 0 Å². The molecule has 0 fully saturated rings. The summed E-state index contributed by atoms with van der Waals surface area (Å²) in [5, 5.41) is 3.86. The van der Waals surface area contributed by atoms with Gasteiger partial charge in [-0.25, -0.2) is 0 Å². The Labute approximate surface area is 309 Å². The molecule has 5 heteroatoms. The first-order valence-corrected chi connectivity index (χ1v) is 19.1. The molecule has 0 atom stereocenters. The average Bonchev–Trinajstić information content (AvgIpc) is 3.15. The van der Waals surface area contributed by atoms with Crippen molar-refractivity contribution in [1.82, 2.24) is 0 Å². The summed E-state index contributed by atoms with van der Waals surface area (Å²) in [6.07, 6.45) is 0. The van der Waals surface area contributed by atoms with Gasteiger partial charge in [0, 0.05) is 53.3 Å². The van der Waals surface area contributed by atoms with Crippen LogP contribution in [0.25, 0.3) is 22.3 Å². The lowest BCUT2D eigenvalue weighted by molar-refractivity contribution is 0.632. The highest BCUT2D eigenvalue weighted by molar-refractivity contribution is 8.05. The number of hydrogen-bond acceptors (Lipinski definition) is 4. The second-order valence-corrected chi connectivity index (χ2v) is 16.3. The number of nitrogens with zero attached hydrogens (tertiary/aromatic N) is 1. The molecule has 2 nitrogen and oxygen atoms in total. The van der Waals surface area contributed by atoms with E-state index in [1.54, 1.807) is 0 Å². The van der Waals surface area contributed by atoms with Crippen LogP contribution in [0.1, 0.15) is 30.5 Å². The number of anilines is 5. The van der Waals surface area contributed by atoms with Crippen molar-refractivity contribution < 1.29 is 0 Å². The Morgan fingerprint density at radius 2 is 1.25 bits per heavy atom. The standard InChI is InChI=1S/C46H34BN2S2/c1-28-14-7-8-17-31(28)29-24-33(32-26-42-43(51-41-23-12-11-22-40(41)50-42)27-37(32)48-30-15-5-4-6-16-30)44-39(25-29)49-38-21-10-9-18-34(38)46(2,3)35-19-13-20-36(47-44)45(35)49/h4-27,48H,1-3H3. The van der Waals surface area contributed by atoms with E-state index < -0.39 is 0 Å². The molecule has 0 saturated heterocycles. The summed E-state index contributed by atoms with van der Waals surface area (Å²) in [4.78, 5) is 7.72. The maximum absolute atomic E-state index is 3.86. The van der Waals surface area contributed by atoms with Crippen LogP contribution in [-0.2, 0) is 5.41 Å². The van der Waals surface area contributed by atoms with E-state index in [0.717, 1.165) is 11.4 Å². The molecule has 0 amide bonds. The fraction of sp³-hybridized carbons (Fsp3) is 0.0870. The Morgan fingerprint density at radius 3 is 2.06 bits per heavy atom. The number of hydrogen-bond donors (Lipinski definition) is 1. The van der Waals surface area contributed by atoms with Gasteiger partial charge in [-0.1, -0.05) is 134 Å². The zero-order valence-corrected chi connectivity index (χ0v) is 30.3. The van der Waals surface area contributed by atoms with Gasteiger partial charge in [0.05, 0.1) is 5.69 Å². The number of nitrogens with one attached hydrogen (secondary N) is 1. The minimum Gasteiger partial charge on any atom is -0.355 e. The molecule has 0 unspecified atom stereocenters. The fourth-order valence-corrected chi connectivity index (χ4v) is 10.4. The first kappa shape index (κ1) is 30.7. The van der Waals surface area contributed by atoms with Crippen molar-refractivity contribution in [3.05, 3.63) is 162 Å². The molecule has 0 aromatic heterocycles. The van der Waals surface area contributed by atoms with Crippen LogP contribution in [0.4, 0.5) is 28.4 Å². The molecule has 3 aliphatic heterocycles. The van der Waals surface area contributed by atoms with Gasteiger partial charge in [0.15, 0.2) is 7.28 Å². The van der Waals surface area contributed by atoms with E-state index in [2.05, 4.69) is 184 Å². The molecule has 1 N–H and O–H groups in total. The molecule has 243 valence electrons. The maximum Gasteiger partial charge on any atom is 0.197 e. The topological polar surface area (TPSA) is 15.3 Å². The lowest BCUT2D eigenvalue weighted by Crippen LogP contribution is -2.45. The van der Waals surface area contributed by atoms with E-state index in [1.165, 1.54) is 86.5 Å². The summed E-state index contributed by atoms with van der Waals surface area (Å²) in [5.41, 5.74) is 17.1. The Balaban J connectivity index is 1.27. The van der Waals surface area contributed by atoms with Gasteiger partial charge in [-0.3, -0.25) is 0 Å². The first-order valence-electron chi connectivity index (χ1n) is 17.5. The highest BCUT2D eigenvalue weighted by Crippen LogP contribution is 2.54. The van der Waals surface area contributed by atoms with E-state index in [9.17, 15) is 0 Å². The van der Waals surface area contributed by atoms with Gasteiger partial charge in [-0.15, -0.1) is 0 Å². The van der Waals surface area contributed by atoms with Gasteiger partial charge in [0.1, 0.15) is 0 Å². The van der Waals surface area contributed by atoms with Crippen molar-refractivity contribution in [3.63, 3.8) is 0 Å². The molecule has 1 radical (unpaired) electrons. The first-order chi connectivity index (χ1) is 24.9. The number of benzene rings is 7. The van der Waals surface area contributed by atoms with E-state index >= 15 is 0 Å². The van der Waals surface area contributed by atoms with Crippen LogP contribution in [0.15, 0.2) is 165 Å². The van der Waals surface area contributed by atoms with Crippen LogP contribution < -0.4 is 21.1 Å². The monoisotopic (exact) mass is 689 g/mol. The average molecular weight is 690 g/mol. The van der Waals surface area contributed by atoms with E-state index in [0.29, 0.717) is 0 Å². The minimum atomic E-state index is -0.128. The second kappa shape index (κ2) is 11.7. The molecule has 7 aromatic carbocycles. The summed E-state index contributed by atoms with van der Waals surface area (Å²) in [6.45, 7) is 6.96. The number of rotatable bonds is 4. The molecule has 3 aliphatic rings. The highest BCUT2D eigenvalue weighted by Gasteiger charge is 2.41. The van der Waals surface area contributed by atoms with Crippen molar-refractivity contribution in [1.29, 1.82) is 0 Å². The predicted octanol–water partition coefficient (Wildman–Crippen LogP) is 11.8. The Bertz CT molecular complexity index is 2540. The summed E-state index contributed by atoms with van der Waals surface area (Å²) in [7, 11) is 2.44. The third-order valence-corrected chi connectivity index (χ3v) is 13.2. The third kappa shape index (κ3) is 4.90. The zero-order chi connectivity index (χ0) is 34.3. The summed E-state index contributed by atoms with van der Waals surface area (Å²) < 4.78 is 0. The Kier molecular flexibility index (Phi) is 7.06. The Hall–Kier alpha value is -5.10. The lowest BCUT2D eigenvalue weighted by atomic mass is 9.55. The minimum absolute atomic E-state index is 0.128. The molecular formula is C46H34BN2S2. The van der Waals surface area contributed by atoms with Gasteiger partial charge in [-0.2, -0.15) is 0 Å². The number of aryl methyl sites for hydroxylation is 1. The van der Waals surface area contributed by atoms with Gasteiger partial charge in [-0.05, 0) is 100 Å². The molecule has 0 spiro atoms. The molecular weight excluding hydrogens is 655 g/mol. The number of para-hydroxylation sites is 3. The molecule has 0 saturated carbocycles. The van der Waals surface area contributed by atoms with E-state index in [-0.39, 0.29) is 5.41 Å². The number of fused-ring (bicyclic) bond motifs is 6. The van der Waals surface area contributed by atoms with Crippen molar-refractivity contribution in [2.45, 2.75) is 45.8 Å². The largest absolute Gasteiger partial charge is 0.355 e. The van der Waals surface area contributed by atoms with E-state index in [4.69, 9.17) is 0 Å².